The molecule has 1 N–H and O–H groups in total. The Morgan fingerprint density at radius 1 is 1.14 bits per heavy atom. The van der Waals surface area contributed by atoms with E-state index in [1.54, 1.807) is 0 Å². The molecule has 0 spiro atoms. The molecule has 2 aromatic carbocycles. The quantitative estimate of drug-likeness (QED) is 0.700. The van der Waals surface area contributed by atoms with Gasteiger partial charge in [0.25, 0.3) is 0 Å². The maximum absolute atomic E-state index is 12.7. The zero-order valence-electron chi connectivity index (χ0n) is 15.0. The van der Waals surface area contributed by atoms with E-state index in [4.69, 9.17) is 9.47 Å². The molecule has 0 aliphatic carbocycles. The number of benzene rings is 2. The molecule has 0 unspecified atom stereocenters. The minimum absolute atomic E-state index is 0.0779. The van der Waals surface area contributed by atoms with Gasteiger partial charge in [0.2, 0.25) is 10.0 Å². The Hall–Kier alpha value is -2.59. The van der Waals surface area contributed by atoms with Crippen LogP contribution in [0.15, 0.2) is 53.4 Å². The Balaban J connectivity index is 1.99. The van der Waals surface area contributed by atoms with Crippen molar-refractivity contribution < 1.29 is 35.9 Å². The molecule has 0 heterocycles. The Kier molecular flexibility index (Phi) is 6.68. The van der Waals surface area contributed by atoms with Crippen LogP contribution in [-0.4, -0.2) is 27.5 Å². The third kappa shape index (κ3) is 5.70. The Bertz CT molecular complexity index is 927. The van der Waals surface area contributed by atoms with Gasteiger partial charge >= 0.3 is 12.1 Å². The van der Waals surface area contributed by atoms with Crippen LogP contribution in [0.1, 0.15) is 18.1 Å². The molecule has 2 rings (SSSR count). The fourth-order valence-electron chi connectivity index (χ4n) is 2.22. The van der Waals surface area contributed by atoms with E-state index in [0.717, 1.165) is 12.1 Å². The third-order valence-corrected chi connectivity index (χ3v) is 5.25. The first kappa shape index (κ1) is 21.7. The second kappa shape index (κ2) is 8.61. The minimum atomic E-state index is -4.51. The van der Waals surface area contributed by atoms with E-state index < -0.39 is 40.4 Å². The fourth-order valence-corrected chi connectivity index (χ4v) is 3.41. The summed E-state index contributed by atoms with van der Waals surface area (Å²) < 4.78 is 74.7. The Morgan fingerprint density at radius 3 is 2.36 bits per heavy atom. The smallest absolute Gasteiger partial charge is 0.416 e. The first-order valence-electron chi connectivity index (χ1n) is 8.02. The molecule has 0 aliphatic heterocycles. The normalized spacial score (nSPS) is 13.0. The number of carbonyl (C=O) groups is 1. The number of rotatable bonds is 7. The van der Waals surface area contributed by atoms with Crippen LogP contribution >= 0.6 is 0 Å². The standard InChI is InChI=1S/C18H18F3NO5S/c1-12(22-28(24,25)16-8-6-15(26-2)7-9-16)17(23)27-11-13-4-3-5-14(10-13)18(19,20)21/h3-10,12,22H,11H2,1-2H3/t12-/m0/s1. The maximum Gasteiger partial charge on any atom is 0.416 e. The van der Waals surface area contributed by atoms with Crippen LogP contribution in [0.4, 0.5) is 13.2 Å². The molecule has 0 fully saturated rings. The number of alkyl halides is 3. The van der Waals surface area contributed by atoms with Crippen LogP contribution < -0.4 is 9.46 Å². The molecule has 10 heteroatoms. The fraction of sp³-hybridized carbons (Fsp3) is 0.278. The van der Waals surface area contributed by atoms with Gasteiger partial charge in [-0.25, -0.2) is 8.42 Å². The molecule has 0 saturated carbocycles. The van der Waals surface area contributed by atoms with Gasteiger partial charge in [-0.15, -0.1) is 0 Å². The molecular weight excluding hydrogens is 399 g/mol. The van der Waals surface area contributed by atoms with E-state index >= 15 is 0 Å². The predicted octanol–water partition coefficient (Wildman–Crippen LogP) is 3.12. The highest BCUT2D eigenvalue weighted by molar-refractivity contribution is 7.89. The van der Waals surface area contributed by atoms with Crippen LogP contribution in [-0.2, 0) is 32.3 Å². The molecule has 0 radical (unpaired) electrons. The molecule has 28 heavy (non-hydrogen) atoms. The van der Waals surface area contributed by atoms with Crippen LogP contribution in [0.25, 0.3) is 0 Å². The van der Waals surface area contributed by atoms with Crippen molar-refractivity contribution in [1.82, 2.24) is 4.72 Å². The lowest BCUT2D eigenvalue weighted by Gasteiger charge is -2.14. The largest absolute Gasteiger partial charge is 0.497 e. The second-order valence-corrected chi connectivity index (χ2v) is 7.54. The van der Waals surface area contributed by atoms with Crippen molar-refractivity contribution >= 4 is 16.0 Å². The van der Waals surface area contributed by atoms with Crippen LogP contribution in [0.3, 0.4) is 0 Å². The van der Waals surface area contributed by atoms with E-state index in [-0.39, 0.29) is 10.5 Å². The third-order valence-electron chi connectivity index (χ3n) is 3.69. The first-order valence-corrected chi connectivity index (χ1v) is 9.50. The zero-order valence-corrected chi connectivity index (χ0v) is 15.8. The average molecular weight is 417 g/mol. The number of hydrogen-bond acceptors (Lipinski definition) is 5. The molecule has 0 aliphatic rings. The molecule has 152 valence electrons. The Labute approximate surface area is 160 Å². The van der Waals surface area contributed by atoms with Crippen molar-refractivity contribution in [3.63, 3.8) is 0 Å². The van der Waals surface area contributed by atoms with Crippen LogP contribution in [0.2, 0.25) is 0 Å². The number of sulfonamides is 1. The van der Waals surface area contributed by atoms with Crippen molar-refractivity contribution in [2.45, 2.75) is 30.6 Å². The summed E-state index contributed by atoms with van der Waals surface area (Å²) in [5.41, 5.74) is -0.734. The number of carbonyl (C=O) groups excluding carboxylic acids is 1. The lowest BCUT2D eigenvalue weighted by Crippen LogP contribution is -2.39. The number of ether oxygens (including phenoxy) is 2. The molecular formula is C18H18F3NO5S. The summed E-state index contributed by atoms with van der Waals surface area (Å²) in [7, 11) is -2.56. The highest BCUT2D eigenvalue weighted by atomic mass is 32.2. The van der Waals surface area contributed by atoms with Crippen molar-refractivity contribution in [3.8, 4) is 5.75 Å². The molecule has 0 bridgehead atoms. The maximum atomic E-state index is 12.7. The van der Waals surface area contributed by atoms with E-state index in [1.165, 1.54) is 50.4 Å². The summed E-state index contributed by atoms with van der Waals surface area (Å²) in [5.74, 6) is -0.456. The van der Waals surface area contributed by atoms with Gasteiger partial charge < -0.3 is 9.47 Å². The Morgan fingerprint density at radius 2 is 1.79 bits per heavy atom. The van der Waals surface area contributed by atoms with Crippen LogP contribution in [0, 0.1) is 0 Å². The summed E-state index contributed by atoms with van der Waals surface area (Å²) in [6.45, 7) is 0.854. The van der Waals surface area contributed by atoms with Gasteiger partial charge in [0.05, 0.1) is 17.6 Å². The highest BCUT2D eigenvalue weighted by Gasteiger charge is 2.30. The van der Waals surface area contributed by atoms with Gasteiger partial charge in [-0.2, -0.15) is 17.9 Å². The number of halogens is 3. The van der Waals surface area contributed by atoms with Gasteiger partial charge in [-0.05, 0) is 48.9 Å². The van der Waals surface area contributed by atoms with E-state index in [9.17, 15) is 26.4 Å². The molecule has 0 amide bonds. The van der Waals surface area contributed by atoms with E-state index in [0.29, 0.717) is 5.75 Å². The minimum Gasteiger partial charge on any atom is -0.497 e. The molecule has 0 aromatic heterocycles. The number of methoxy groups -OCH3 is 1. The summed E-state index contributed by atoms with van der Waals surface area (Å²) in [6.07, 6.45) is -4.51. The number of nitrogens with one attached hydrogen (secondary N) is 1. The topological polar surface area (TPSA) is 81.7 Å². The van der Waals surface area contributed by atoms with Crippen molar-refractivity contribution in [1.29, 1.82) is 0 Å². The second-order valence-electron chi connectivity index (χ2n) is 5.82. The zero-order chi connectivity index (χ0) is 20.9. The van der Waals surface area contributed by atoms with Crippen molar-refractivity contribution in [3.05, 3.63) is 59.7 Å². The predicted molar refractivity (Wildman–Crippen MR) is 94.0 cm³/mol. The van der Waals surface area contributed by atoms with Gasteiger partial charge in [-0.3, -0.25) is 4.79 Å². The van der Waals surface area contributed by atoms with E-state index in [2.05, 4.69) is 4.72 Å². The van der Waals surface area contributed by atoms with Gasteiger partial charge in [0, 0.05) is 0 Å². The molecule has 0 saturated heterocycles. The number of hydrogen-bond donors (Lipinski definition) is 1. The monoisotopic (exact) mass is 417 g/mol. The summed E-state index contributed by atoms with van der Waals surface area (Å²) >= 11 is 0. The molecule has 1 atom stereocenters. The summed E-state index contributed by atoms with van der Waals surface area (Å²) in [5, 5.41) is 0. The lowest BCUT2D eigenvalue weighted by atomic mass is 10.1. The summed E-state index contributed by atoms with van der Waals surface area (Å²) in [4.78, 5) is 11.9. The summed E-state index contributed by atoms with van der Waals surface area (Å²) in [6, 6.07) is 8.60. The van der Waals surface area contributed by atoms with Crippen LogP contribution in [0.5, 0.6) is 5.75 Å². The highest BCUT2D eigenvalue weighted by Crippen LogP contribution is 2.29. The van der Waals surface area contributed by atoms with E-state index in [1.807, 2.05) is 0 Å². The van der Waals surface area contributed by atoms with Gasteiger partial charge in [0.1, 0.15) is 18.4 Å². The molecule has 6 nitrogen and oxygen atoms in total. The van der Waals surface area contributed by atoms with Gasteiger partial charge in [0.15, 0.2) is 0 Å². The lowest BCUT2D eigenvalue weighted by molar-refractivity contribution is -0.146. The number of esters is 1. The van der Waals surface area contributed by atoms with Crippen molar-refractivity contribution in [2.24, 2.45) is 0 Å². The average Bonchev–Trinajstić information content (AvgIpc) is 2.65. The van der Waals surface area contributed by atoms with Gasteiger partial charge in [-0.1, -0.05) is 12.1 Å². The van der Waals surface area contributed by atoms with Crippen molar-refractivity contribution in [2.75, 3.05) is 7.11 Å². The first-order chi connectivity index (χ1) is 13.0. The SMILES string of the molecule is COc1ccc(S(=O)(=O)N[C@@H](C)C(=O)OCc2cccc(C(F)(F)F)c2)cc1. The molecule has 2 aromatic rings.